The molecule has 0 saturated heterocycles. The normalized spacial score (nSPS) is 18.8. The van der Waals surface area contributed by atoms with E-state index in [0.29, 0.717) is 0 Å². The minimum Gasteiger partial charge on any atom is -0.469 e. The van der Waals surface area contributed by atoms with Gasteiger partial charge in [0.2, 0.25) is 0 Å². The van der Waals surface area contributed by atoms with E-state index < -0.39 is 0 Å². The lowest BCUT2D eigenvalue weighted by Gasteiger charge is -2.08. The van der Waals surface area contributed by atoms with Gasteiger partial charge in [-0.15, -0.1) is 0 Å². The highest BCUT2D eigenvalue weighted by Crippen LogP contribution is 2.30. The van der Waals surface area contributed by atoms with Crippen molar-refractivity contribution in [1.29, 1.82) is 0 Å². The molecule has 0 spiro atoms. The van der Waals surface area contributed by atoms with E-state index in [2.05, 4.69) is 5.32 Å². The van der Waals surface area contributed by atoms with Gasteiger partial charge in [0.1, 0.15) is 5.76 Å². The van der Waals surface area contributed by atoms with Crippen molar-refractivity contribution in [1.82, 2.24) is 5.32 Å². The first-order valence-electron chi connectivity index (χ1n) is 4.81. The fraction of sp³-hybridized carbons (Fsp3) is 0.600. The third-order valence-corrected chi connectivity index (χ3v) is 2.50. The van der Waals surface area contributed by atoms with Gasteiger partial charge in [-0.25, -0.2) is 0 Å². The molecule has 0 aliphatic heterocycles. The summed E-state index contributed by atoms with van der Waals surface area (Å²) in [4.78, 5) is 0. The maximum Gasteiger partial charge on any atom is 0.105 e. The van der Waals surface area contributed by atoms with E-state index in [4.69, 9.17) is 10.2 Å². The van der Waals surface area contributed by atoms with Crippen molar-refractivity contribution >= 4 is 0 Å². The van der Waals surface area contributed by atoms with Crippen molar-refractivity contribution in [3.8, 4) is 0 Å². The standard InChI is InChI=1S/C10H16N2O/c11-10(4-5-10)8-12-6-3-9-2-1-7-13-9/h1-2,7,12H,3-6,8,11H2. The van der Waals surface area contributed by atoms with Crippen molar-refractivity contribution in [2.45, 2.75) is 24.8 Å². The van der Waals surface area contributed by atoms with Gasteiger partial charge in [0.05, 0.1) is 6.26 Å². The molecule has 2 rings (SSSR count). The van der Waals surface area contributed by atoms with Crippen molar-refractivity contribution in [2.24, 2.45) is 5.73 Å². The Balaban J connectivity index is 1.59. The van der Waals surface area contributed by atoms with Crippen molar-refractivity contribution < 1.29 is 4.42 Å². The summed E-state index contributed by atoms with van der Waals surface area (Å²) in [7, 11) is 0. The van der Waals surface area contributed by atoms with Crippen LogP contribution in [0.15, 0.2) is 22.8 Å². The van der Waals surface area contributed by atoms with Crippen LogP contribution in [0.2, 0.25) is 0 Å². The second kappa shape index (κ2) is 3.52. The Hall–Kier alpha value is -0.800. The quantitative estimate of drug-likeness (QED) is 0.662. The lowest BCUT2D eigenvalue weighted by atomic mass is 10.3. The van der Waals surface area contributed by atoms with Crippen molar-refractivity contribution in [3.05, 3.63) is 24.2 Å². The minimum atomic E-state index is 0.114. The molecule has 3 heteroatoms. The van der Waals surface area contributed by atoms with Gasteiger partial charge in [-0.05, 0) is 25.0 Å². The van der Waals surface area contributed by atoms with Gasteiger partial charge in [-0.2, -0.15) is 0 Å². The second-order valence-electron chi connectivity index (χ2n) is 3.87. The Morgan fingerprint density at radius 1 is 1.54 bits per heavy atom. The minimum absolute atomic E-state index is 0.114. The van der Waals surface area contributed by atoms with Crippen LogP contribution in [0.4, 0.5) is 0 Å². The maximum atomic E-state index is 5.92. The summed E-state index contributed by atoms with van der Waals surface area (Å²) in [5, 5.41) is 3.34. The Kier molecular flexibility index (Phi) is 2.38. The van der Waals surface area contributed by atoms with Crippen LogP contribution in [0.5, 0.6) is 0 Å². The van der Waals surface area contributed by atoms with E-state index >= 15 is 0 Å². The summed E-state index contributed by atoms with van der Waals surface area (Å²) in [5.74, 6) is 1.04. The van der Waals surface area contributed by atoms with Gasteiger partial charge in [-0.3, -0.25) is 0 Å². The number of rotatable bonds is 5. The highest BCUT2D eigenvalue weighted by atomic mass is 16.3. The zero-order valence-electron chi connectivity index (χ0n) is 7.75. The van der Waals surface area contributed by atoms with Crippen LogP contribution in [0.3, 0.4) is 0 Å². The van der Waals surface area contributed by atoms with Crippen LogP contribution in [0, 0.1) is 0 Å². The Labute approximate surface area is 78.3 Å². The van der Waals surface area contributed by atoms with Gasteiger partial charge < -0.3 is 15.5 Å². The number of hydrogen-bond acceptors (Lipinski definition) is 3. The second-order valence-corrected chi connectivity index (χ2v) is 3.87. The lowest BCUT2D eigenvalue weighted by Crippen LogP contribution is -2.36. The molecule has 72 valence electrons. The summed E-state index contributed by atoms with van der Waals surface area (Å²) < 4.78 is 5.21. The van der Waals surface area contributed by atoms with E-state index in [0.717, 1.165) is 25.3 Å². The van der Waals surface area contributed by atoms with Gasteiger partial charge >= 0.3 is 0 Å². The average Bonchev–Trinajstić information content (AvgIpc) is 2.69. The van der Waals surface area contributed by atoms with Crippen LogP contribution < -0.4 is 11.1 Å². The van der Waals surface area contributed by atoms with Gasteiger partial charge in [0.25, 0.3) is 0 Å². The van der Waals surface area contributed by atoms with Crippen LogP contribution in [0.25, 0.3) is 0 Å². The average molecular weight is 180 g/mol. The zero-order chi connectivity index (χ0) is 9.15. The fourth-order valence-corrected chi connectivity index (χ4v) is 1.34. The van der Waals surface area contributed by atoms with Crippen LogP contribution in [-0.2, 0) is 6.42 Å². The predicted molar refractivity (Wildman–Crippen MR) is 51.4 cm³/mol. The van der Waals surface area contributed by atoms with E-state index in [1.807, 2.05) is 12.1 Å². The molecule has 1 fully saturated rings. The summed E-state index contributed by atoms with van der Waals surface area (Å²) in [5.41, 5.74) is 6.03. The summed E-state index contributed by atoms with van der Waals surface area (Å²) >= 11 is 0. The Morgan fingerprint density at radius 3 is 3.00 bits per heavy atom. The molecule has 0 bridgehead atoms. The molecule has 0 atom stereocenters. The van der Waals surface area contributed by atoms with Crippen LogP contribution in [0.1, 0.15) is 18.6 Å². The Bertz CT molecular complexity index is 252. The zero-order valence-corrected chi connectivity index (χ0v) is 7.75. The third kappa shape index (κ3) is 2.57. The number of nitrogens with two attached hydrogens (primary N) is 1. The molecule has 0 aromatic carbocycles. The van der Waals surface area contributed by atoms with E-state index in [9.17, 15) is 0 Å². The van der Waals surface area contributed by atoms with Crippen molar-refractivity contribution in [3.63, 3.8) is 0 Å². The molecule has 3 N–H and O–H groups in total. The highest BCUT2D eigenvalue weighted by molar-refractivity contribution is 5.01. The SMILES string of the molecule is NC1(CNCCc2ccco2)CC1. The molecule has 0 unspecified atom stereocenters. The van der Waals surface area contributed by atoms with Crippen molar-refractivity contribution in [2.75, 3.05) is 13.1 Å². The first kappa shape index (κ1) is 8.78. The molecular weight excluding hydrogens is 164 g/mol. The molecule has 3 nitrogen and oxygen atoms in total. The lowest BCUT2D eigenvalue weighted by molar-refractivity contribution is 0.490. The summed E-state index contributed by atoms with van der Waals surface area (Å²) in [6.45, 7) is 1.89. The fourth-order valence-electron chi connectivity index (χ4n) is 1.34. The molecule has 0 amide bonds. The maximum absolute atomic E-state index is 5.92. The van der Waals surface area contributed by atoms with Crippen LogP contribution >= 0.6 is 0 Å². The van der Waals surface area contributed by atoms with E-state index in [-0.39, 0.29) is 5.54 Å². The molecular formula is C10H16N2O. The molecule has 1 heterocycles. The largest absolute Gasteiger partial charge is 0.469 e. The summed E-state index contributed by atoms with van der Waals surface area (Å²) in [6, 6.07) is 3.91. The Morgan fingerprint density at radius 2 is 2.38 bits per heavy atom. The smallest absolute Gasteiger partial charge is 0.105 e. The predicted octanol–water partition coefficient (Wildman–Crippen LogP) is 0.903. The monoisotopic (exact) mass is 180 g/mol. The first-order valence-corrected chi connectivity index (χ1v) is 4.81. The van der Waals surface area contributed by atoms with Gasteiger partial charge in [0.15, 0.2) is 0 Å². The van der Waals surface area contributed by atoms with E-state index in [1.165, 1.54) is 12.8 Å². The topological polar surface area (TPSA) is 51.2 Å². The molecule has 1 aromatic heterocycles. The molecule has 13 heavy (non-hydrogen) atoms. The molecule has 1 aromatic rings. The third-order valence-electron chi connectivity index (χ3n) is 2.50. The van der Waals surface area contributed by atoms with E-state index in [1.54, 1.807) is 6.26 Å². The number of hydrogen-bond donors (Lipinski definition) is 2. The molecule has 1 saturated carbocycles. The first-order chi connectivity index (χ1) is 6.29. The molecule has 1 aliphatic rings. The summed E-state index contributed by atoms with van der Waals surface area (Å²) in [6.07, 6.45) is 4.99. The van der Waals surface area contributed by atoms with Crippen LogP contribution in [-0.4, -0.2) is 18.6 Å². The van der Waals surface area contributed by atoms with Gasteiger partial charge in [-0.1, -0.05) is 0 Å². The molecule has 1 aliphatic carbocycles. The number of nitrogens with one attached hydrogen (secondary N) is 1. The number of furan rings is 1. The highest BCUT2D eigenvalue weighted by Gasteiger charge is 2.37. The molecule has 0 radical (unpaired) electrons. The van der Waals surface area contributed by atoms with Gasteiger partial charge in [0, 0.05) is 25.0 Å².